The highest BCUT2D eigenvalue weighted by atomic mass is 32.2. The third kappa shape index (κ3) is 5.40. The fourth-order valence-electron chi connectivity index (χ4n) is 3.28. The molecule has 10 heteroatoms. The molecule has 1 fully saturated rings. The Morgan fingerprint density at radius 1 is 1.03 bits per heavy atom. The van der Waals surface area contributed by atoms with Gasteiger partial charge in [0.15, 0.2) is 0 Å². The van der Waals surface area contributed by atoms with Crippen molar-refractivity contribution in [3.8, 4) is 0 Å². The predicted molar refractivity (Wildman–Crippen MR) is 119 cm³/mol. The van der Waals surface area contributed by atoms with Crippen LogP contribution in [0.4, 0.5) is 5.95 Å². The lowest BCUT2D eigenvalue weighted by atomic mass is 10.2. The summed E-state index contributed by atoms with van der Waals surface area (Å²) in [6.07, 6.45) is 8.08. The average Bonchev–Trinajstić information content (AvgIpc) is 3.36. The van der Waals surface area contributed by atoms with Crippen LogP contribution in [0.1, 0.15) is 11.3 Å². The van der Waals surface area contributed by atoms with Crippen molar-refractivity contribution >= 4 is 28.0 Å². The highest BCUT2D eigenvalue weighted by Crippen LogP contribution is 2.14. The van der Waals surface area contributed by atoms with E-state index >= 15 is 0 Å². The maximum Gasteiger partial charge on any atom is 0.246 e. The third-order valence-corrected chi connectivity index (χ3v) is 6.47. The van der Waals surface area contributed by atoms with Crippen molar-refractivity contribution in [2.75, 3.05) is 31.1 Å². The number of nitrogens with one attached hydrogen (secondary N) is 1. The molecule has 1 aromatic carbocycles. The van der Waals surface area contributed by atoms with Gasteiger partial charge < -0.3 is 14.2 Å². The summed E-state index contributed by atoms with van der Waals surface area (Å²) in [5.41, 5.74) is 0.736. The lowest BCUT2D eigenvalue weighted by Crippen LogP contribution is -2.48. The van der Waals surface area contributed by atoms with Gasteiger partial charge >= 0.3 is 0 Å². The van der Waals surface area contributed by atoms with E-state index in [1.807, 2.05) is 4.90 Å². The number of furan rings is 1. The fraction of sp³-hybridized carbons (Fsp3) is 0.227. The van der Waals surface area contributed by atoms with Gasteiger partial charge in [0, 0.05) is 44.6 Å². The van der Waals surface area contributed by atoms with Crippen molar-refractivity contribution < 1.29 is 17.6 Å². The quantitative estimate of drug-likeness (QED) is 0.544. The van der Waals surface area contributed by atoms with E-state index in [0.717, 1.165) is 5.56 Å². The second-order valence-electron chi connectivity index (χ2n) is 7.17. The second-order valence-corrected chi connectivity index (χ2v) is 8.93. The van der Waals surface area contributed by atoms with Crippen molar-refractivity contribution in [2.45, 2.75) is 11.4 Å². The van der Waals surface area contributed by atoms with Gasteiger partial charge in [-0.15, -0.1) is 0 Å². The van der Waals surface area contributed by atoms with E-state index in [1.54, 1.807) is 53.7 Å². The molecule has 0 bridgehead atoms. The second kappa shape index (κ2) is 9.75. The highest BCUT2D eigenvalue weighted by molar-refractivity contribution is 7.89. The number of nitrogens with zero attached hydrogens (tertiary/aromatic N) is 4. The molecule has 3 aromatic rings. The first kappa shape index (κ1) is 21.7. The number of anilines is 1. The summed E-state index contributed by atoms with van der Waals surface area (Å²) >= 11 is 0. The molecule has 9 nitrogen and oxygen atoms in total. The molecule has 1 amide bonds. The van der Waals surface area contributed by atoms with Crippen LogP contribution >= 0.6 is 0 Å². The number of aromatic nitrogens is 2. The van der Waals surface area contributed by atoms with E-state index in [2.05, 4.69) is 14.7 Å². The number of piperazine rings is 1. The molecule has 0 unspecified atom stereocenters. The molecule has 0 saturated carbocycles. The summed E-state index contributed by atoms with van der Waals surface area (Å²) < 4.78 is 32.4. The summed E-state index contributed by atoms with van der Waals surface area (Å²) in [5, 5.41) is 0. The fourth-order valence-corrected chi connectivity index (χ4v) is 4.27. The third-order valence-electron chi connectivity index (χ3n) is 5.05. The van der Waals surface area contributed by atoms with E-state index in [0.29, 0.717) is 37.9 Å². The lowest BCUT2D eigenvalue weighted by Gasteiger charge is -2.34. The largest absolute Gasteiger partial charge is 0.468 e. The smallest absolute Gasteiger partial charge is 0.246 e. The first-order chi connectivity index (χ1) is 15.5. The van der Waals surface area contributed by atoms with Gasteiger partial charge in [-0.05, 0) is 42.0 Å². The molecule has 3 heterocycles. The van der Waals surface area contributed by atoms with Gasteiger partial charge in [-0.2, -0.15) is 0 Å². The number of benzene rings is 1. The molecule has 4 rings (SSSR count). The van der Waals surface area contributed by atoms with Gasteiger partial charge in [0.2, 0.25) is 21.9 Å². The predicted octanol–water partition coefficient (Wildman–Crippen LogP) is 1.91. The van der Waals surface area contributed by atoms with Crippen LogP contribution in [0.2, 0.25) is 0 Å². The Balaban J connectivity index is 1.30. The lowest BCUT2D eigenvalue weighted by molar-refractivity contribution is -0.126. The number of rotatable bonds is 7. The number of carbonyl (C=O) groups excluding carboxylic acids is 1. The molecular formula is C22H23N5O4S. The van der Waals surface area contributed by atoms with Gasteiger partial charge in [-0.3, -0.25) is 4.79 Å². The van der Waals surface area contributed by atoms with Crippen molar-refractivity contribution in [1.29, 1.82) is 0 Å². The van der Waals surface area contributed by atoms with Crippen molar-refractivity contribution in [2.24, 2.45) is 0 Å². The molecule has 2 aromatic heterocycles. The average molecular weight is 454 g/mol. The minimum absolute atomic E-state index is 0.0785. The SMILES string of the molecule is O=C(C=Cc1ccc(S(=O)(=O)NCc2ccco2)cc1)N1CCN(c2ncccn2)CC1. The monoisotopic (exact) mass is 453 g/mol. The van der Waals surface area contributed by atoms with Crippen LogP contribution in [0.5, 0.6) is 0 Å². The first-order valence-corrected chi connectivity index (χ1v) is 11.6. The van der Waals surface area contributed by atoms with Crippen LogP contribution in [0.15, 0.2) is 76.5 Å². The van der Waals surface area contributed by atoms with E-state index in [1.165, 1.54) is 24.5 Å². The van der Waals surface area contributed by atoms with Gasteiger partial charge in [0.1, 0.15) is 5.76 Å². The normalized spacial score (nSPS) is 14.8. The zero-order valence-corrected chi connectivity index (χ0v) is 18.1. The Hall–Kier alpha value is -3.50. The summed E-state index contributed by atoms with van der Waals surface area (Å²) in [5.74, 6) is 1.11. The van der Waals surface area contributed by atoms with Gasteiger partial charge in [0.05, 0.1) is 17.7 Å². The Labute approximate surface area is 186 Å². The highest BCUT2D eigenvalue weighted by Gasteiger charge is 2.21. The number of hydrogen-bond donors (Lipinski definition) is 1. The molecule has 32 heavy (non-hydrogen) atoms. The van der Waals surface area contributed by atoms with Crippen LogP contribution in [0.25, 0.3) is 6.08 Å². The van der Waals surface area contributed by atoms with E-state index in [-0.39, 0.29) is 17.3 Å². The molecule has 166 valence electrons. The molecule has 0 aliphatic carbocycles. The summed E-state index contributed by atoms with van der Waals surface area (Å²) in [6, 6.07) is 11.5. The van der Waals surface area contributed by atoms with Crippen molar-refractivity contribution in [3.05, 3.63) is 78.5 Å². The number of carbonyl (C=O) groups is 1. The zero-order chi connectivity index (χ0) is 22.4. The van der Waals surface area contributed by atoms with E-state index < -0.39 is 10.0 Å². The van der Waals surface area contributed by atoms with Crippen LogP contribution in [-0.2, 0) is 21.4 Å². The Morgan fingerprint density at radius 3 is 2.41 bits per heavy atom. The molecule has 0 spiro atoms. The van der Waals surface area contributed by atoms with Crippen LogP contribution in [0, 0.1) is 0 Å². The molecular weight excluding hydrogens is 430 g/mol. The number of amides is 1. The van der Waals surface area contributed by atoms with E-state index in [4.69, 9.17) is 4.42 Å². The topological polar surface area (TPSA) is 109 Å². The Morgan fingerprint density at radius 2 is 1.75 bits per heavy atom. The molecule has 1 aliphatic rings. The van der Waals surface area contributed by atoms with Crippen molar-refractivity contribution in [1.82, 2.24) is 19.6 Å². The first-order valence-electron chi connectivity index (χ1n) is 10.1. The molecule has 0 radical (unpaired) electrons. The standard InChI is InChI=1S/C22H23N5O4S/c28-21(26-12-14-27(15-13-26)22-23-10-2-11-24-22)9-6-18-4-7-20(8-5-18)32(29,30)25-17-19-3-1-16-31-19/h1-11,16,25H,12-15,17H2. The van der Waals surface area contributed by atoms with E-state index in [9.17, 15) is 13.2 Å². The number of hydrogen-bond acceptors (Lipinski definition) is 7. The zero-order valence-electron chi connectivity index (χ0n) is 17.3. The number of sulfonamides is 1. The Kier molecular flexibility index (Phi) is 6.62. The van der Waals surface area contributed by atoms with Gasteiger partial charge in [0.25, 0.3) is 0 Å². The van der Waals surface area contributed by atoms with Gasteiger partial charge in [-0.1, -0.05) is 12.1 Å². The van der Waals surface area contributed by atoms with Crippen molar-refractivity contribution in [3.63, 3.8) is 0 Å². The molecule has 0 atom stereocenters. The summed E-state index contributed by atoms with van der Waals surface area (Å²) in [4.78, 5) is 25.0. The molecule has 1 saturated heterocycles. The van der Waals surface area contributed by atoms with Crippen LogP contribution in [0.3, 0.4) is 0 Å². The molecule has 1 aliphatic heterocycles. The summed E-state index contributed by atoms with van der Waals surface area (Å²) in [6.45, 7) is 2.58. The molecule has 1 N–H and O–H groups in total. The maximum atomic E-state index is 12.5. The Bertz CT molecular complexity index is 1150. The minimum Gasteiger partial charge on any atom is -0.468 e. The van der Waals surface area contributed by atoms with Crippen LogP contribution in [-0.4, -0.2) is 55.4 Å². The van der Waals surface area contributed by atoms with Gasteiger partial charge in [-0.25, -0.2) is 23.1 Å². The summed E-state index contributed by atoms with van der Waals surface area (Å²) in [7, 11) is -3.65. The minimum atomic E-state index is -3.65. The maximum absolute atomic E-state index is 12.5. The van der Waals surface area contributed by atoms with Crippen LogP contribution < -0.4 is 9.62 Å².